The smallest absolute Gasteiger partial charge is 0.876 e. The lowest BCUT2D eigenvalue weighted by Gasteiger charge is -1.92. The fraction of sp³-hybridized carbons (Fsp3) is 0.444. The number of hydrogen-bond donors (Lipinski definition) is 1. The van der Waals surface area contributed by atoms with E-state index in [1.807, 2.05) is 0 Å². The van der Waals surface area contributed by atoms with Crippen molar-refractivity contribution in [3.63, 3.8) is 0 Å². The summed E-state index contributed by atoms with van der Waals surface area (Å²) in [7, 11) is 0. The van der Waals surface area contributed by atoms with Gasteiger partial charge in [-0.15, -0.1) is 12.3 Å². The summed E-state index contributed by atoms with van der Waals surface area (Å²) in [6, 6.07) is 0. The first-order valence-corrected chi connectivity index (χ1v) is 3.34. The van der Waals surface area contributed by atoms with E-state index in [-0.39, 0.29) is 31.1 Å². The third-order valence-electron chi connectivity index (χ3n) is 0. The van der Waals surface area contributed by atoms with E-state index in [1.165, 1.54) is 27.7 Å². The molecule has 0 heterocycles. The predicted molar refractivity (Wildman–Crippen MR) is 54.7 cm³/mol. The first-order chi connectivity index (χ1) is 5.20. The van der Waals surface area contributed by atoms with Gasteiger partial charge in [-0.3, -0.25) is 0 Å². The minimum Gasteiger partial charge on any atom is -0.876 e. The second-order valence-electron chi connectivity index (χ2n) is 2.35. The number of carbonyl (C=O) groups excluding carboxylic acids is 1. The van der Waals surface area contributed by atoms with Crippen molar-refractivity contribution in [2.75, 3.05) is 0 Å². The molecule has 5 heteroatoms. The first kappa shape index (κ1) is 29.3. The highest BCUT2D eigenvalue weighted by atomic mass is 16.3. The van der Waals surface area contributed by atoms with E-state index in [4.69, 9.17) is 5.11 Å². The Labute approximate surface area is 88.0 Å². The second-order valence-corrected chi connectivity index (χ2v) is 2.35. The van der Waals surface area contributed by atoms with Crippen LogP contribution in [0.2, 0.25) is 0 Å². The van der Waals surface area contributed by atoms with Crippen LogP contribution in [0.4, 0.5) is 0 Å². The molecular weight excluding hydrogens is 188 g/mol. The standard InChI is InChI=1S/3C3H6O.2H2O/c3*1-3(2)4;;/h1-2H3;2*4H,1H2,2H3;2*1H2/p-1. The number of carbonyl (C=O) groups is 1. The number of rotatable bonds is 0. The number of allylic oxidation sites excluding steroid dienone is 2. The molecule has 0 aromatic heterocycles. The molecule has 0 atom stereocenters. The van der Waals surface area contributed by atoms with E-state index in [2.05, 4.69) is 13.2 Å². The summed E-state index contributed by atoms with van der Waals surface area (Å²) < 4.78 is 0. The SMILES string of the molecule is C=C(C)O.C=C(C)[O-].CC(C)=O.[H+].[H+].[OH-].[OH-]. The van der Waals surface area contributed by atoms with Crippen molar-refractivity contribution in [2.45, 2.75) is 27.7 Å². The molecule has 0 saturated carbocycles. The van der Waals surface area contributed by atoms with Gasteiger partial charge in [0.1, 0.15) is 5.78 Å². The van der Waals surface area contributed by atoms with Crippen LogP contribution in [0.15, 0.2) is 24.7 Å². The van der Waals surface area contributed by atoms with Gasteiger partial charge in [0, 0.05) is 0 Å². The number of ketones is 1. The molecular formula is C9H21O5-. The van der Waals surface area contributed by atoms with Crippen LogP contribution >= 0.6 is 0 Å². The molecule has 88 valence electrons. The van der Waals surface area contributed by atoms with Gasteiger partial charge in [0.15, 0.2) is 0 Å². The van der Waals surface area contributed by atoms with Crippen molar-refractivity contribution < 1.29 is 28.8 Å². The van der Waals surface area contributed by atoms with Crippen LogP contribution in [-0.4, -0.2) is 21.8 Å². The maximum absolute atomic E-state index is 9.44. The van der Waals surface area contributed by atoms with Crippen molar-refractivity contribution in [3.05, 3.63) is 24.7 Å². The lowest BCUT2D eigenvalue weighted by molar-refractivity contribution is -0.300. The largest absolute Gasteiger partial charge is 1.00 e. The van der Waals surface area contributed by atoms with Crippen LogP contribution in [0.3, 0.4) is 0 Å². The average molecular weight is 209 g/mol. The highest BCUT2D eigenvalue weighted by molar-refractivity contribution is 5.72. The van der Waals surface area contributed by atoms with E-state index in [0.29, 0.717) is 0 Å². The normalized spacial score (nSPS) is 5.43. The molecule has 0 unspecified atom stereocenters. The van der Waals surface area contributed by atoms with Gasteiger partial charge in [-0.25, -0.2) is 0 Å². The molecule has 0 bridgehead atoms. The van der Waals surface area contributed by atoms with Gasteiger partial charge in [0.2, 0.25) is 0 Å². The lowest BCUT2D eigenvalue weighted by atomic mass is 10.6. The van der Waals surface area contributed by atoms with Gasteiger partial charge in [0.25, 0.3) is 0 Å². The van der Waals surface area contributed by atoms with Crippen molar-refractivity contribution in [1.82, 2.24) is 0 Å². The minimum atomic E-state index is -0.0833. The first-order valence-electron chi connectivity index (χ1n) is 3.34. The van der Waals surface area contributed by atoms with E-state index >= 15 is 0 Å². The molecule has 0 rings (SSSR count). The third kappa shape index (κ3) is 564. The van der Waals surface area contributed by atoms with Crippen LogP contribution in [0, 0.1) is 0 Å². The molecule has 0 fully saturated rings. The van der Waals surface area contributed by atoms with Crippen LogP contribution in [0.25, 0.3) is 0 Å². The zero-order valence-corrected chi connectivity index (χ0v) is 9.07. The maximum atomic E-state index is 9.44. The van der Waals surface area contributed by atoms with Crippen molar-refractivity contribution in [2.24, 2.45) is 0 Å². The Morgan fingerprint density at radius 3 is 1.14 bits per heavy atom. The molecule has 0 aliphatic rings. The Morgan fingerprint density at radius 2 is 1.14 bits per heavy atom. The third-order valence-corrected chi connectivity index (χ3v) is 0. The molecule has 0 aromatic rings. The zero-order valence-electron chi connectivity index (χ0n) is 11.1. The monoisotopic (exact) mass is 209 g/mol. The van der Waals surface area contributed by atoms with Crippen LogP contribution in [0.5, 0.6) is 0 Å². The molecule has 3 N–H and O–H groups in total. The summed E-state index contributed by atoms with van der Waals surface area (Å²) in [6.07, 6.45) is 0. The van der Waals surface area contributed by atoms with Crippen LogP contribution in [-0.2, 0) is 4.79 Å². The Balaban J connectivity index is -0.0000000135. The average Bonchev–Trinajstić information content (AvgIpc) is 1.54. The summed E-state index contributed by atoms with van der Waals surface area (Å²) in [5.41, 5.74) is 0. The summed E-state index contributed by atoms with van der Waals surface area (Å²) in [6.45, 7) is 12.1. The summed E-state index contributed by atoms with van der Waals surface area (Å²) >= 11 is 0. The van der Waals surface area contributed by atoms with E-state index in [9.17, 15) is 9.90 Å². The second kappa shape index (κ2) is 22.6. The fourth-order valence-corrected chi connectivity index (χ4v) is 0. The van der Waals surface area contributed by atoms with E-state index < -0.39 is 0 Å². The van der Waals surface area contributed by atoms with Gasteiger partial charge in [-0.05, 0) is 20.8 Å². The number of Topliss-reactive ketones (excluding diaryl/α,β-unsaturated/α-hetero) is 1. The van der Waals surface area contributed by atoms with E-state index in [1.54, 1.807) is 0 Å². The Hall–Kier alpha value is -1.33. The van der Waals surface area contributed by atoms with Crippen LogP contribution in [0.1, 0.15) is 30.5 Å². The zero-order chi connectivity index (χ0) is 10.7. The van der Waals surface area contributed by atoms with Gasteiger partial charge in [-0.2, -0.15) is 0 Å². The lowest BCUT2D eigenvalue weighted by Crippen LogP contribution is -1.92. The molecule has 0 aliphatic carbocycles. The molecule has 0 saturated heterocycles. The Bertz CT molecular complexity index is 119. The highest BCUT2D eigenvalue weighted by Gasteiger charge is 1.62. The van der Waals surface area contributed by atoms with Gasteiger partial charge >= 0.3 is 2.85 Å². The Kier molecular flexibility index (Phi) is 47.3. The summed E-state index contributed by atoms with van der Waals surface area (Å²) in [5, 5.41) is 17.2. The predicted octanol–water partition coefficient (Wildman–Crippen LogP) is 1.42. The minimum absolute atomic E-state index is 0. The van der Waals surface area contributed by atoms with Gasteiger partial charge in [-0.1, -0.05) is 13.5 Å². The highest BCUT2D eigenvalue weighted by Crippen LogP contribution is 1.66. The fourth-order valence-electron chi connectivity index (χ4n) is 0. The topological polar surface area (TPSA) is 120 Å². The van der Waals surface area contributed by atoms with Crippen LogP contribution < -0.4 is 5.11 Å². The van der Waals surface area contributed by atoms with Crippen molar-refractivity contribution >= 4 is 5.78 Å². The Morgan fingerprint density at radius 1 is 1.14 bits per heavy atom. The van der Waals surface area contributed by atoms with Gasteiger partial charge in [0.05, 0.1) is 5.76 Å². The maximum Gasteiger partial charge on any atom is 1.00 e. The quantitative estimate of drug-likeness (QED) is 0.605. The molecule has 0 aromatic carbocycles. The molecule has 0 radical (unpaired) electrons. The molecule has 5 nitrogen and oxygen atoms in total. The van der Waals surface area contributed by atoms with E-state index in [0.717, 1.165) is 0 Å². The van der Waals surface area contributed by atoms with Gasteiger partial charge < -0.3 is 26.0 Å². The molecule has 14 heavy (non-hydrogen) atoms. The van der Waals surface area contributed by atoms with Crippen molar-refractivity contribution in [1.29, 1.82) is 0 Å². The summed E-state index contributed by atoms with van der Waals surface area (Å²) in [4.78, 5) is 9.44. The number of hydrogen-bond acceptors (Lipinski definition) is 5. The number of aliphatic hydroxyl groups excluding tert-OH is 1. The molecule has 0 spiro atoms. The molecule has 0 aliphatic heterocycles. The summed E-state index contributed by atoms with van der Waals surface area (Å²) in [5.74, 6) is 0.250. The van der Waals surface area contributed by atoms with Crippen molar-refractivity contribution in [3.8, 4) is 0 Å². The number of aliphatic hydroxyl groups is 1. The molecule has 0 amide bonds.